The van der Waals surface area contributed by atoms with E-state index in [-0.39, 0.29) is 17.6 Å². The standard InChI is InChI=1S/C26H31ClN6O3/c1-32(2)24-21-19(11-12-28-24)36-23(26(35)30-20-10-7-17(27)15-29-20)22(21)31-25(34)16-5-8-18(9-6-16)33-13-3-4-14-33/h7,10-12,15-16,18H,3-6,8-9,13-14H2,1-2H3,(H,31,34)(H,29,30,35). The second-order valence-corrected chi connectivity index (χ2v) is 10.2. The van der Waals surface area contributed by atoms with Crippen molar-refractivity contribution >= 4 is 51.7 Å². The molecule has 0 radical (unpaired) electrons. The van der Waals surface area contributed by atoms with E-state index in [4.69, 9.17) is 16.0 Å². The molecule has 1 saturated carbocycles. The molecule has 4 heterocycles. The smallest absolute Gasteiger partial charge is 0.294 e. The summed E-state index contributed by atoms with van der Waals surface area (Å²) in [5.74, 6) is 0.226. The molecule has 1 aliphatic heterocycles. The first-order valence-electron chi connectivity index (χ1n) is 12.5. The zero-order chi connectivity index (χ0) is 25.2. The summed E-state index contributed by atoms with van der Waals surface area (Å²) in [6.07, 6.45) is 9.31. The molecule has 1 saturated heterocycles. The van der Waals surface area contributed by atoms with Crippen molar-refractivity contribution in [3.63, 3.8) is 0 Å². The van der Waals surface area contributed by atoms with Crippen LogP contribution >= 0.6 is 11.6 Å². The number of nitrogens with one attached hydrogen (secondary N) is 2. The predicted octanol–water partition coefficient (Wildman–Crippen LogP) is 4.79. The fraction of sp³-hybridized carbons (Fsp3) is 0.462. The summed E-state index contributed by atoms with van der Waals surface area (Å²) in [6, 6.07) is 5.51. The van der Waals surface area contributed by atoms with Gasteiger partial charge in [0.2, 0.25) is 11.7 Å². The van der Waals surface area contributed by atoms with Gasteiger partial charge in [0, 0.05) is 38.4 Å². The molecule has 2 amide bonds. The summed E-state index contributed by atoms with van der Waals surface area (Å²) < 4.78 is 5.97. The highest BCUT2D eigenvalue weighted by atomic mass is 35.5. The molecule has 1 aliphatic carbocycles. The van der Waals surface area contributed by atoms with Crippen molar-refractivity contribution in [3.05, 3.63) is 41.4 Å². The maximum absolute atomic E-state index is 13.4. The zero-order valence-corrected chi connectivity index (χ0v) is 21.3. The van der Waals surface area contributed by atoms with E-state index in [9.17, 15) is 9.59 Å². The van der Waals surface area contributed by atoms with Crippen LogP contribution in [0.2, 0.25) is 5.02 Å². The quantitative estimate of drug-likeness (QED) is 0.491. The van der Waals surface area contributed by atoms with Gasteiger partial charge >= 0.3 is 0 Å². The number of furan rings is 1. The van der Waals surface area contributed by atoms with Gasteiger partial charge in [-0.2, -0.15) is 0 Å². The first kappa shape index (κ1) is 24.5. The van der Waals surface area contributed by atoms with Gasteiger partial charge in [0.05, 0.1) is 10.4 Å². The first-order valence-corrected chi connectivity index (χ1v) is 12.8. The molecule has 2 aliphatic rings. The Morgan fingerprint density at radius 3 is 2.47 bits per heavy atom. The van der Waals surface area contributed by atoms with Crippen molar-refractivity contribution in [3.8, 4) is 0 Å². The molecular formula is C26H31ClN6O3. The van der Waals surface area contributed by atoms with Crippen LogP contribution < -0.4 is 15.5 Å². The third-order valence-electron chi connectivity index (χ3n) is 7.15. The number of carbonyl (C=O) groups excluding carboxylic acids is 2. The molecule has 3 aromatic rings. The van der Waals surface area contributed by atoms with Gasteiger partial charge in [-0.25, -0.2) is 9.97 Å². The van der Waals surface area contributed by atoms with Crippen molar-refractivity contribution in [2.75, 3.05) is 42.7 Å². The zero-order valence-electron chi connectivity index (χ0n) is 20.6. The Hall–Kier alpha value is -3.17. The highest BCUT2D eigenvalue weighted by molar-refractivity contribution is 6.30. The van der Waals surface area contributed by atoms with Crippen molar-refractivity contribution in [1.82, 2.24) is 14.9 Å². The van der Waals surface area contributed by atoms with Crippen LogP contribution in [0.1, 0.15) is 49.1 Å². The summed E-state index contributed by atoms with van der Waals surface area (Å²) >= 11 is 5.91. The lowest BCUT2D eigenvalue weighted by Gasteiger charge is -2.33. The third-order valence-corrected chi connectivity index (χ3v) is 7.38. The van der Waals surface area contributed by atoms with Crippen molar-refractivity contribution < 1.29 is 14.0 Å². The average molecular weight is 511 g/mol. The van der Waals surface area contributed by atoms with E-state index < -0.39 is 5.91 Å². The van der Waals surface area contributed by atoms with Gasteiger partial charge in [-0.05, 0) is 69.8 Å². The molecule has 5 rings (SSSR count). The maximum Gasteiger partial charge on any atom is 0.294 e. The number of nitrogens with zero attached hydrogens (tertiary/aromatic N) is 4. The number of fused-ring (bicyclic) bond motifs is 1. The molecular weight excluding hydrogens is 480 g/mol. The molecule has 2 fully saturated rings. The molecule has 0 spiro atoms. The Labute approximate surface area is 215 Å². The third kappa shape index (κ3) is 5.03. The number of anilines is 3. The lowest BCUT2D eigenvalue weighted by molar-refractivity contribution is -0.121. The number of hydrogen-bond donors (Lipinski definition) is 2. The van der Waals surface area contributed by atoms with E-state index in [0.717, 1.165) is 25.7 Å². The molecule has 9 nitrogen and oxygen atoms in total. The molecule has 0 atom stereocenters. The molecule has 190 valence electrons. The fourth-order valence-corrected chi connectivity index (χ4v) is 5.42. The second-order valence-electron chi connectivity index (χ2n) is 9.76. The van der Waals surface area contributed by atoms with E-state index in [1.807, 2.05) is 19.0 Å². The second kappa shape index (κ2) is 10.4. The predicted molar refractivity (Wildman–Crippen MR) is 141 cm³/mol. The number of amides is 2. The number of carbonyl (C=O) groups is 2. The van der Waals surface area contributed by atoms with Gasteiger partial charge in [-0.3, -0.25) is 9.59 Å². The van der Waals surface area contributed by atoms with E-state index in [2.05, 4.69) is 25.5 Å². The summed E-state index contributed by atoms with van der Waals surface area (Å²) in [6.45, 7) is 2.34. The van der Waals surface area contributed by atoms with Crippen LogP contribution in [0.15, 0.2) is 35.0 Å². The highest BCUT2D eigenvalue weighted by Crippen LogP contribution is 2.38. The van der Waals surface area contributed by atoms with Gasteiger partial charge in [0.25, 0.3) is 5.91 Å². The number of pyridine rings is 2. The largest absolute Gasteiger partial charge is 0.448 e. The van der Waals surface area contributed by atoms with E-state index in [1.165, 1.54) is 32.1 Å². The van der Waals surface area contributed by atoms with E-state index >= 15 is 0 Å². The number of aromatic nitrogens is 2. The molecule has 36 heavy (non-hydrogen) atoms. The number of rotatable bonds is 6. The Balaban J connectivity index is 1.40. The molecule has 0 unspecified atom stereocenters. The average Bonchev–Trinajstić information content (AvgIpc) is 3.54. The number of likely N-dealkylation sites (tertiary alicyclic amines) is 1. The topological polar surface area (TPSA) is 104 Å². The molecule has 3 aromatic heterocycles. The maximum atomic E-state index is 13.4. The van der Waals surface area contributed by atoms with Gasteiger partial charge in [0.1, 0.15) is 22.9 Å². The van der Waals surface area contributed by atoms with Crippen LogP contribution in [-0.2, 0) is 4.79 Å². The Morgan fingerprint density at radius 1 is 1.06 bits per heavy atom. The molecule has 10 heteroatoms. The highest BCUT2D eigenvalue weighted by Gasteiger charge is 2.32. The summed E-state index contributed by atoms with van der Waals surface area (Å²) in [5.41, 5.74) is 0.802. The Bertz CT molecular complexity index is 1240. The minimum Gasteiger partial charge on any atom is -0.448 e. The van der Waals surface area contributed by atoms with Crippen LogP contribution in [0.4, 0.5) is 17.3 Å². The Morgan fingerprint density at radius 2 is 1.81 bits per heavy atom. The van der Waals surface area contributed by atoms with Gasteiger partial charge in [-0.15, -0.1) is 0 Å². The molecule has 2 N–H and O–H groups in total. The number of halogens is 1. The number of hydrogen-bond acceptors (Lipinski definition) is 7. The van der Waals surface area contributed by atoms with Gasteiger partial charge < -0.3 is 24.9 Å². The normalized spacial score (nSPS) is 20.4. The van der Waals surface area contributed by atoms with Crippen LogP contribution in [0.5, 0.6) is 0 Å². The lowest BCUT2D eigenvalue weighted by Crippen LogP contribution is -2.38. The molecule has 0 aromatic carbocycles. The van der Waals surface area contributed by atoms with Crippen molar-refractivity contribution in [2.24, 2.45) is 5.92 Å². The summed E-state index contributed by atoms with van der Waals surface area (Å²) in [5, 5.41) is 6.83. The van der Waals surface area contributed by atoms with E-state index in [0.29, 0.717) is 39.4 Å². The van der Waals surface area contributed by atoms with Crippen LogP contribution in [0.25, 0.3) is 11.0 Å². The summed E-state index contributed by atoms with van der Waals surface area (Å²) in [7, 11) is 3.72. The minimum absolute atomic E-state index is 0.0111. The van der Waals surface area contributed by atoms with Crippen molar-refractivity contribution in [2.45, 2.75) is 44.6 Å². The van der Waals surface area contributed by atoms with E-state index in [1.54, 1.807) is 24.4 Å². The fourth-order valence-electron chi connectivity index (χ4n) is 5.30. The van der Waals surface area contributed by atoms with Crippen LogP contribution in [0.3, 0.4) is 0 Å². The SMILES string of the molecule is CN(C)c1nccc2oc(C(=O)Nc3ccc(Cl)cn3)c(NC(=O)C3CCC(N4CCCC4)CC3)c12. The Kier molecular flexibility index (Phi) is 7.11. The summed E-state index contributed by atoms with van der Waals surface area (Å²) in [4.78, 5) is 39.7. The van der Waals surface area contributed by atoms with Gasteiger partial charge in [0.15, 0.2) is 0 Å². The lowest BCUT2D eigenvalue weighted by atomic mass is 9.84. The molecule has 0 bridgehead atoms. The van der Waals surface area contributed by atoms with Crippen LogP contribution in [-0.4, -0.2) is 59.9 Å². The van der Waals surface area contributed by atoms with Crippen molar-refractivity contribution in [1.29, 1.82) is 0 Å². The van der Waals surface area contributed by atoms with Gasteiger partial charge in [-0.1, -0.05) is 11.6 Å². The monoisotopic (exact) mass is 510 g/mol. The van der Waals surface area contributed by atoms with Crippen LogP contribution in [0, 0.1) is 5.92 Å². The minimum atomic E-state index is -0.515. The first-order chi connectivity index (χ1) is 17.4.